The first kappa shape index (κ1) is 12.9. The van der Waals surface area contributed by atoms with E-state index < -0.39 is 0 Å². The largest absolute Gasteiger partial charge is 0.313 e. The van der Waals surface area contributed by atoms with Crippen molar-refractivity contribution < 1.29 is 0 Å². The maximum Gasteiger partial charge on any atom is 0.0453 e. The first-order valence-corrected chi connectivity index (χ1v) is 6.86. The lowest BCUT2D eigenvalue weighted by Gasteiger charge is -2.26. The first-order chi connectivity index (χ1) is 8.27. The lowest BCUT2D eigenvalue weighted by atomic mass is 10.0. The molecular formula is C14H21ClN2. The number of hydrogen-bond acceptors (Lipinski definition) is 2. The average Bonchev–Trinajstić information content (AvgIpc) is 2.38. The van der Waals surface area contributed by atoms with Gasteiger partial charge >= 0.3 is 0 Å². The molecule has 0 saturated carbocycles. The Morgan fingerprint density at radius 2 is 2.24 bits per heavy atom. The molecule has 2 rings (SSSR count). The number of halogens is 1. The van der Waals surface area contributed by atoms with E-state index in [-0.39, 0.29) is 0 Å². The van der Waals surface area contributed by atoms with Crippen molar-refractivity contribution in [2.24, 2.45) is 0 Å². The van der Waals surface area contributed by atoms with Crippen LogP contribution >= 0.6 is 11.6 Å². The van der Waals surface area contributed by atoms with E-state index in [0.717, 1.165) is 18.1 Å². The molecule has 1 aromatic rings. The van der Waals surface area contributed by atoms with Crippen molar-refractivity contribution >= 4 is 11.6 Å². The van der Waals surface area contributed by atoms with Gasteiger partial charge in [0.15, 0.2) is 0 Å². The minimum absolute atomic E-state index is 0.312. The molecule has 0 spiro atoms. The van der Waals surface area contributed by atoms with Gasteiger partial charge in [0.1, 0.15) is 0 Å². The lowest BCUT2D eigenvalue weighted by Crippen LogP contribution is -2.42. The Hall–Kier alpha value is -0.570. The normalized spacial score (nSPS) is 22.4. The molecule has 1 saturated heterocycles. The molecule has 2 atom stereocenters. The second kappa shape index (κ2) is 6.39. The molecule has 1 heterocycles. The van der Waals surface area contributed by atoms with Crippen molar-refractivity contribution in [1.82, 2.24) is 10.6 Å². The Labute approximate surface area is 109 Å². The molecule has 0 bridgehead atoms. The monoisotopic (exact) mass is 252 g/mol. The Balaban J connectivity index is 1.84. The van der Waals surface area contributed by atoms with Gasteiger partial charge in [-0.25, -0.2) is 0 Å². The molecule has 0 aromatic heterocycles. The van der Waals surface area contributed by atoms with Crippen molar-refractivity contribution in [3.05, 3.63) is 34.9 Å². The molecule has 3 heteroatoms. The predicted molar refractivity (Wildman–Crippen MR) is 73.5 cm³/mol. The Morgan fingerprint density at radius 3 is 2.94 bits per heavy atom. The minimum Gasteiger partial charge on any atom is -0.313 e. The topological polar surface area (TPSA) is 24.1 Å². The highest BCUT2D eigenvalue weighted by Gasteiger charge is 2.14. The van der Waals surface area contributed by atoms with Crippen LogP contribution in [0.5, 0.6) is 0 Å². The van der Waals surface area contributed by atoms with Crippen LogP contribution in [0.2, 0.25) is 5.02 Å². The summed E-state index contributed by atoms with van der Waals surface area (Å²) >= 11 is 6.19. The van der Waals surface area contributed by atoms with Crippen molar-refractivity contribution in [2.45, 2.75) is 38.3 Å². The average molecular weight is 253 g/mol. The van der Waals surface area contributed by atoms with E-state index in [9.17, 15) is 0 Å². The zero-order valence-electron chi connectivity index (χ0n) is 10.4. The summed E-state index contributed by atoms with van der Waals surface area (Å²) in [5.41, 5.74) is 1.19. The zero-order valence-corrected chi connectivity index (χ0v) is 11.1. The highest BCUT2D eigenvalue weighted by Crippen LogP contribution is 2.22. The summed E-state index contributed by atoms with van der Waals surface area (Å²) < 4.78 is 0. The fourth-order valence-electron chi connectivity index (χ4n) is 2.35. The molecule has 17 heavy (non-hydrogen) atoms. The van der Waals surface area contributed by atoms with Gasteiger partial charge in [-0.15, -0.1) is 0 Å². The fourth-order valence-corrected chi connectivity index (χ4v) is 2.65. The third-order valence-corrected chi connectivity index (χ3v) is 3.80. The van der Waals surface area contributed by atoms with Crippen molar-refractivity contribution in [3.8, 4) is 0 Å². The standard InChI is InChI=1S/C14H21ClN2/c1-11(13-7-2-3-8-14(13)15)17-10-12-6-4-5-9-16-12/h2-3,7-8,11-12,16-17H,4-6,9-10H2,1H3. The molecule has 2 unspecified atom stereocenters. The van der Waals surface area contributed by atoms with E-state index in [1.807, 2.05) is 18.2 Å². The molecule has 2 nitrogen and oxygen atoms in total. The molecular weight excluding hydrogens is 232 g/mol. The quantitative estimate of drug-likeness (QED) is 0.860. The fraction of sp³-hybridized carbons (Fsp3) is 0.571. The molecule has 0 radical (unpaired) electrons. The summed E-state index contributed by atoms with van der Waals surface area (Å²) in [4.78, 5) is 0. The van der Waals surface area contributed by atoms with Gasteiger partial charge in [0.05, 0.1) is 0 Å². The van der Waals surface area contributed by atoms with Crippen molar-refractivity contribution in [2.75, 3.05) is 13.1 Å². The molecule has 1 aliphatic heterocycles. The van der Waals surface area contributed by atoms with Crippen LogP contribution in [0, 0.1) is 0 Å². The van der Waals surface area contributed by atoms with E-state index in [4.69, 9.17) is 11.6 Å². The Bertz CT molecular complexity index is 348. The third-order valence-electron chi connectivity index (χ3n) is 3.45. The highest BCUT2D eigenvalue weighted by molar-refractivity contribution is 6.31. The molecule has 2 N–H and O–H groups in total. The maximum absolute atomic E-state index is 6.19. The van der Waals surface area contributed by atoms with Gasteiger partial charge in [-0.3, -0.25) is 0 Å². The summed E-state index contributed by atoms with van der Waals surface area (Å²) in [5.74, 6) is 0. The van der Waals surface area contributed by atoms with Crippen molar-refractivity contribution in [3.63, 3.8) is 0 Å². The SMILES string of the molecule is CC(NCC1CCCCN1)c1ccccc1Cl. The minimum atomic E-state index is 0.312. The van der Waals surface area contributed by atoms with E-state index in [1.54, 1.807) is 0 Å². The van der Waals surface area contributed by atoms with Gasteiger partial charge in [0, 0.05) is 23.7 Å². The summed E-state index contributed by atoms with van der Waals surface area (Å²) in [6, 6.07) is 8.99. The van der Waals surface area contributed by atoms with E-state index in [0.29, 0.717) is 12.1 Å². The Kier molecular flexibility index (Phi) is 4.84. The second-order valence-corrected chi connectivity index (χ2v) is 5.21. The van der Waals surface area contributed by atoms with Gasteiger partial charge in [0.2, 0.25) is 0 Å². The number of nitrogens with one attached hydrogen (secondary N) is 2. The molecule has 1 aromatic carbocycles. The summed E-state index contributed by atoms with van der Waals surface area (Å²) in [5, 5.41) is 7.96. The molecule has 1 fully saturated rings. The summed E-state index contributed by atoms with van der Waals surface area (Å²) in [6.45, 7) is 4.35. The number of rotatable bonds is 4. The smallest absolute Gasteiger partial charge is 0.0453 e. The van der Waals surface area contributed by atoms with Crippen molar-refractivity contribution in [1.29, 1.82) is 0 Å². The van der Waals surface area contributed by atoms with E-state index >= 15 is 0 Å². The highest BCUT2D eigenvalue weighted by atomic mass is 35.5. The van der Waals surface area contributed by atoms with Crippen LogP contribution in [0.3, 0.4) is 0 Å². The van der Waals surface area contributed by atoms with Crippen LogP contribution in [0.25, 0.3) is 0 Å². The van der Waals surface area contributed by atoms with Gasteiger partial charge in [0.25, 0.3) is 0 Å². The number of hydrogen-bond donors (Lipinski definition) is 2. The molecule has 1 aliphatic rings. The van der Waals surface area contributed by atoms with Gasteiger partial charge in [-0.2, -0.15) is 0 Å². The Morgan fingerprint density at radius 1 is 1.41 bits per heavy atom. The predicted octanol–water partition coefficient (Wildman–Crippen LogP) is 3.13. The number of piperidine rings is 1. The molecule has 0 amide bonds. The number of benzene rings is 1. The van der Waals surface area contributed by atoms with Gasteiger partial charge < -0.3 is 10.6 Å². The van der Waals surface area contributed by atoms with E-state index in [2.05, 4.69) is 23.6 Å². The van der Waals surface area contributed by atoms with Crippen LogP contribution in [0.4, 0.5) is 0 Å². The van der Waals surface area contributed by atoms with Gasteiger partial charge in [-0.1, -0.05) is 36.2 Å². The van der Waals surface area contributed by atoms with Crippen LogP contribution in [0.15, 0.2) is 24.3 Å². The lowest BCUT2D eigenvalue weighted by molar-refractivity contribution is 0.371. The maximum atomic E-state index is 6.19. The van der Waals surface area contributed by atoms with Crippen LogP contribution in [-0.4, -0.2) is 19.1 Å². The second-order valence-electron chi connectivity index (χ2n) is 4.80. The first-order valence-electron chi connectivity index (χ1n) is 6.48. The summed E-state index contributed by atoms with van der Waals surface area (Å²) in [6.07, 6.45) is 3.94. The van der Waals surface area contributed by atoms with Crippen LogP contribution in [0.1, 0.15) is 37.8 Å². The van der Waals surface area contributed by atoms with Gasteiger partial charge in [-0.05, 0) is 37.9 Å². The van der Waals surface area contributed by atoms with Crippen LogP contribution < -0.4 is 10.6 Å². The zero-order chi connectivity index (χ0) is 12.1. The van der Waals surface area contributed by atoms with Crippen LogP contribution in [-0.2, 0) is 0 Å². The summed E-state index contributed by atoms with van der Waals surface area (Å²) in [7, 11) is 0. The molecule has 94 valence electrons. The third kappa shape index (κ3) is 3.70. The van der Waals surface area contributed by atoms with E-state index in [1.165, 1.54) is 24.8 Å². The molecule has 0 aliphatic carbocycles.